The van der Waals surface area contributed by atoms with Gasteiger partial charge in [0, 0.05) is 44.2 Å². The van der Waals surface area contributed by atoms with Gasteiger partial charge in [-0.25, -0.2) is 9.50 Å². The second-order valence-electron chi connectivity index (χ2n) is 7.02. The highest BCUT2D eigenvalue weighted by Crippen LogP contribution is 2.33. The SMILES string of the molecule is Cc1cc2nccc(C3CCCN3C(=O)c3ccc(N(C)C)cc3)n2n1. The molecule has 0 aliphatic carbocycles. The van der Waals surface area contributed by atoms with E-state index < -0.39 is 0 Å². The maximum Gasteiger partial charge on any atom is 0.254 e. The Balaban J connectivity index is 1.66. The molecule has 1 unspecified atom stereocenters. The third kappa shape index (κ3) is 2.81. The summed E-state index contributed by atoms with van der Waals surface area (Å²) in [5.74, 6) is 0.0756. The Bertz CT molecular complexity index is 944. The lowest BCUT2D eigenvalue weighted by Crippen LogP contribution is -2.31. The Labute approximate surface area is 153 Å². The van der Waals surface area contributed by atoms with Gasteiger partial charge in [0.05, 0.1) is 17.4 Å². The van der Waals surface area contributed by atoms with Crippen LogP contribution in [0.3, 0.4) is 0 Å². The molecule has 1 aliphatic rings. The van der Waals surface area contributed by atoms with E-state index in [1.807, 2.05) is 71.7 Å². The molecule has 1 amide bonds. The van der Waals surface area contributed by atoms with E-state index in [1.165, 1.54) is 0 Å². The van der Waals surface area contributed by atoms with Crippen molar-refractivity contribution in [2.24, 2.45) is 0 Å². The molecular weight excluding hydrogens is 326 g/mol. The van der Waals surface area contributed by atoms with Gasteiger partial charge in [0.1, 0.15) is 0 Å². The highest BCUT2D eigenvalue weighted by Gasteiger charge is 2.32. The van der Waals surface area contributed by atoms with Crippen molar-refractivity contribution in [2.45, 2.75) is 25.8 Å². The van der Waals surface area contributed by atoms with Gasteiger partial charge in [-0.3, -0.25) is 4.79 Å². The average Bonchev–Trinajstić information content (AvgIpc) is 3.26. The Morgan fingerprint density at radius 1 is 1.19 bits per heavy atom. The molecule has 0 N–H and O–H groups in total. The third-order valence-electron chi connectivity index (χ3n) is 5.00. The van der Waals surface area contributed by atoms with Crippen LogP contribution in [0.15, 0.2) is 42.6 Å². The zero-order valence-electron chi connectivity index (χ0n) is 15.4. The predicted octanol–water partition coefficient (Wildman–Crippen LogP) is 3.08. The van der Waals surface area contributed by atoms with Gasteiger partial charge in [0.15, 0.2) is 5.65 Å². The molecule has 6 nitrogen and oxygen atoms in total. The number of likely N-dealkylation sites (tertiary alicyclic amines) is 1. The van der Waals surface area contributed by atoms with Crippen LogP contribution in [0, 0.1) is 6.92 Å². The molecular formula is C20H23N5O. The number of aromatic nitrogens is 3. The Kier molecular flexibility index (Phi) is 4.11. The maximum absolute atomic E-state index is 13.1. The van der Waals surface area contributed by atoms with Gasteiger partial charge >= 0.3 is 0 Å². The summed E-state index contributed by atoms with van der Waals surface area (Å²) in [5.41, 5.74) is 4.60. The fraction of sp³-hybridized carbons (Fsp3) is 0.350. The van der Waals surface area contributed by atoms with Crippen LogP contribution in [0.25, 0.3) is 5.65 Å². The van der Waals surface area contributed by atoms with E-state index >= 15 is 0 Å². The van der Waals surface area contributed by atoms with Crippen molar-refractivity contribution in [3.63, 3.8) is 0 Å². The van der Waals surface area contributed by atoms with E-state index in [1.54, 1.807) is 6.20 Å². The second-order valence-corrected chi connectivity index (χ2v) is 7.02. The summed E-state index contributed by atoms with van der Waals surface area (Å²) in [5, 5.41) is 4.57. The molecule has 1 fully saturated rings. The number of aryl methyl sites for hydroxylation is 1. The number of carbonyl (C=O) groups is 1. The van der Waals surface area contributed by atoms with Gasteiger partial charge in [-0.1, -0.05) is 0 Å². The van der Waals surface area contributed by atoms with Crippen molar-refractivity contribution in [3.05, 3.63) is 59.5 Å². The van der Waals surface area contributed by atoms with Crippen LogP contribution >= 0.6 is 0 Å². The van der Waals surface area contributed by atoms with Crippen LogP contribution in [-0.4, -0.2) is 46.0 Å². The fourth-order valence-electron chi connectivity index (χ4n) is 3.67. The summed E-state index contributed by atoms with van der Waals surface area (Å²) in [7, 11) is 3.99. The van der Waals surface area contributed by atoms with E-state index in [0.717, 1.165) is 47.7 Å². The summed E-state index contributed by atoms with van der Waals surface area (Å²) in [6.45, 7) is 2.73. The molecule has 4 rings (SSSR count). The van der Waals surface area contributed by atoms with Crippen LogP contribution in [0.4, 0.5) is 5.69 Å². The number of rotatable bonds is 3. The highest BCUT2D eigenvalue weighted by atomic mass is 16.2. The molecule has 26 heavy (non-hydrogen) atoms. The molecule has 2 aromatic heterocycles. The zero-order valence-corrected chi connectivity index (χ0v) is 15.4. The van der Waals surface area contributed by atoms with Gasteiger partial charge < -0.3 is 9.80 Å². The molecule has 1 aromatic carbocycles. The van der Waals surface area contributed by atoms with E-state index in [9.17, 15) is 4.79 Å². The van der Waals surface area contributed by atoms with Crippen molar-refractivity contribution in [1.29, 1.82) is 0 Å². The number of fused-ring (bicyclic) bond motifs is 1. The zero-order chi connectivity index (χ0) is 18.3. The van der Waals surface area contributed by atoms with Gasteiger partial charge in [-0.15, -0.1) is 0 Å². The summed E-state index contributed by atoms with van der Waals surface area (Å²) in [6.07, 6.45) is 3.74. The minimum atomic E-state index is 0.0285. The van der Waals surface area contributed by atoms with Crippen LogP contribution in [0.1, 0.15) is 40.6 Å². The van der Waals surface area contributed by atoms with Gasteiger partial charge in [-0.05, 0) is 50.1 Å². The molecule has 1 atom stereocenters. The van der Waals surface area contributed by atoms with Crippen LogP contribution in [0.2, 0.25) is 0 Å². The molecule has 3 aromatic rings. The lowest BCUT2D eigenvalue weighted by Gasteiger charge is -2.25. The number of anilines is 1. The maximum atomic E-state index is 13.1. The number of amides is 1. The standard InChI is InChI=1S/C20H23N5O/c1-14-13-19-21-11-10-18(25(19)22-14)17-5-4-12-24(17)20(26)15-6-8-16(9-7-15)23(2)3/h6-11,13,17H,4-5,12H2,1-3H3. The number of hydrogen-bond acceptors (Lipinski definition) is 4. The summed E-state index contributed by atoms with van der Waals surface area (Å²) < 4.78 is 1.88. The van der Waals surface area contributed by atoms with Crippen LogP contribution < -0.4 is 4.90 Å². The van der Waals surface area contributed by atoms with Gasteiger partial charge in [0.25, 0.3) is 5.91 Å². The van der Waals surface area contributed by atoms with E-state index in [-0.39, 0.29) is 11.9 Å². The van der Waals surface area contributed by atoms with Gasteiger partial charge in [0.2, 0.25) is 0 Å². The molecule has 0 radical (unpaired) electrons. The molecule has 0 bridgehead atoms. The first-order chi connectivity index (χ1) is 12.5. The monoisotopic (exact) mass is 349 g/mol. The van der Waals surface area contributed by atoms with Crippen molar-refractivity contribution < 1.29 is 4.79 Å². The number of nitrogens with zero attached hydrogens (tertiary/aromatic N) is 5. The Morgan fingerprint density at radius 3 is 2.69 bits per heavy atom. The van der Waals surface area contributed by atoms with Crippen molar-refractivity contribution in [3.8, 4) is 0 Å². The Hall–Kier alpha value is -2.89. The molecule has 6 heteroatoms. The molecule has 0 saturated carbocycles. The number of benzene rings is 1. The first kappa shape index (κ1) is 16.6. The van der Waals surface area contributed by atoms with Crippen molar-refractivity contribution in [2.75, 3.05) is 25.5 Å². The van der Waals surface area contributed by atoms with E-state index in [4.69, 9.17) is 0 Å². The van der Waals surface area contributed by atoms with Crippen LogP contribution in [0.5, 0.6) is 0 Å². The number of carbonyl (C=O) groups excluding carboxylic acids is 1. The Morgan fingerprint density at radius 2 is 1.96 bits per heavy atom. The molecule has 0 spiro atoms. The normalized spacial score (nSPS) is 17.0. The largest absolute Gasteiger partial charge is 0.378 e. The van der Waals surface area contributed by atoms with Crippen molar-refractivity contribution in [1.82, 2.24) is 19.5 Å². The second kappa shape index (κ2) is 6.44. The topological polar surface area (TPSA) is 53.7 Å². The summed E-state index contributed by atoms with van der Waals surface area (Å²) >= 11 is 0. The average molecular weight is 349 g/mol. The lowest BCUT2D eigenvalue weighted by molar-refractivity contribution is 0.0731. The minimum absolute atomic E-state index is 0.0285. The quantitative estimate of drug-likeness (QED) is 0.729. The highest BCUT2D eigenvalue weighted by molar-refractivity contribution is 5.95. The van der Waals surface area contributed by atoms with Crippen LogP contribution in [-0.2, 0) is 0 Å². The first-order valence-electron chi connectivity index (χ1n) is 8.94. The van der Waals surface area contributed by atoms with Crippen molar-refractivity contribution >= 4 is 17.2 Å². The fourth-order valence-corrected chi connectivity index (χ4v) is 3.67. The molecule has 3 heterocycles. The molecule has 1 saturated heterocycles. The predicted molar refractivity (Wildman–Crippen MR) is 102 cm³/mol. The van der Waals surface area contributed by atoms with E-state index in [0.29, 0.717) is 0 Å². The number of hydrogen-bond donors (Lipinski definition) is 0. The molecule has 134 valence electrons. The smallest absolute Gasteiger partial charge is 0.254 e. The summed E-state index contributed by atoms with van der Waals surface area (Å²) in [6, 6.07) is 11.8. The van der Waals surface area contributed by atoms with E-state index in [2.05, 4.69) is 10.1 Å². The first-order valence-corrected chi connectivity index (χ1v) is 8.94. The van der Waals surface area contributed by atoms with Gasteiger partial charge in [-0.2, -0.15) is 5.10 Å². The molecule has 1 aliphatic heterocycles. The third-order valence-corrected chi connectivity index (χ3v) is 5.00. The summed E-state index contributed by atoms with van der Waals surface area (Å²) in [4.78, 5) is 21.5. The minimum Gasteiger partial charge on any atom is -0.378 e. The lowest BCUT2D eigenvalue weighted by atomic mass is 10.1.